The average molecular weight is 499 g/mol. The number of nitrogens with one attached hydrogen (secondary N) is 1. The van der Waals surface area contributed by atoms with Crippen LogP contribution < -0.4 is 5.32 Å². The van der Waals surface area contributed by atoms with Gasteiger partial charge in [0, 0.05) is 29.0 Å². The molecule has 5 rings (SSSR count). The summed E-state index contributed by atoms with van der Waals surface area (Å²) in [5, 5.41) is 38.7. The second-order valence-electron chi connectivity index (χ2n) is 10.5. The van der Waals surface area contributed by atoms with Gasteiger partial charge >= 0.3 is 5.69 Å². The fraction of sp³-hybridized carbons (Fsp3) is 0.560. The van der Waals surface area contributed by atoms with Crippen LogP contribution in [-0.2, 0) is 11.2 Å². The minimum Gasteiger partial charge on any atom is -0.502 e. The number of hydrogen-bond acceptors (Lipinski definition) is 8. The summed E-state index contributed by atoms with van der Waals surface area (Å²) in [6, 6.07) is 3.13. The Morgan fingerprint density at radius 2 is 2.20 bits per heavy atom. The highest BCUT2D eigenvalue weighted by atomic mass is 32.1. The maximum Gasteiger partial charge on any atom is 0.310 e. The van der Waals surface area contributed by atoms with Gasteiger partial charge in [0.2, 0.25) is 5.91 Å². The molecule has 0 bridgehead atoms. The first-order chi connectivity index (χ1) is 16.7. The number of aryl methyl sites for hydroxylation is 2. The highest BCUT2D eigenvalue weighted by Crippen LogP contribution is 2.62. The molecule has 0 spiro atoms. The van der Waals surface area contributed by atoms with E-state index in [4.69, 9.17) is 0 Å². The average Bonchev–Trinajstić information content (AvgIpc) is 3.36. The Labute approximate surface area is 207 Å². The minimum atomic E-state index is -0.524. The number of phenols is 1. The molecule has 0 radical (unpaired) electrons. The van der Waals surface area contributed by atoms with E-state index < -0.39 is 4.92 Å². The summed E-state index contributed by atoms with van der Waals surface area (Å²) in [5.74, 6) is 0.507. The minimum absolute atomic E-state index is 0.0668. The number of hydrogen-bond donors (Lipinski definition) is 3. The second kappa shape index (κ2) is 8.89. The lowest BCUT2D eigenvalue weighted by atomic mass is 9.54. The SMILES string of the molecule is Cc1cnc(NC(=O)CC[C@@H]2CC(=NO)[C@@]3(C)CCC4c5cc([N+](=O)[O-])c(O)cc5CCC4C23)s1. The van der Waals surface area contributed by atoms with Gasteiger partial charge in [0.05, 0.1) is 10.6 Å². The molecule has 2 saturated carbocycles. The van der Waals surface area contributed by atoms with E-state index in [2.05, 4.69) is 22.4 Å². The fourth-order valence-corrected chi connectivity index (χ4v) is 7.84. The van der Waals surface area contributed by atoms with Crippen molar-refractivity contribution < 1.29 is 20.0 Å². The smallest absolute Gasteiger partial charge is 0.310 e. The number of nitrogens with zero attached hydrogens (tertiary/aromatic N) is 3. The quantitative estimate of drug-likeness (QED) is 0.287. The number of amides is 1. The van der Waals surface area contributed by atoms with Gasteiger partial charge in [-0.15, -0.1) is 11.3 Å². The number of thiazole rings is 1. The summed E-state index contributed by atoms with van der Waals surface area (Å²) < 4.78 is 0. The van der Waals surface area contributed by atoms with Crippen LogP contribution in [0.25, 0.3) is 0 Å². The number of aromatic hydroxyl groups is 1. The topological polar surface area (TPSA) is 138 Å². The first-order valence-corrected chi connectivity index (χ1v) is 13.0. The molecule has 3 aliphatic rings. The zero-order valence-electron chi connectivity index (χ0n) is 19.9. The van der Waals surface area contributed by atoms with Crippen molar-refractivity contribution in [2.24, 2.45) is 28.3 Å². The molecular weight excluding hydrogens is 468 g/mol. The van der Waals surface area contributed by atoms with Crippen LogP contribution in [0.15, 0.2) is 23.5 Å². The monoisotopic (exact) mass is 498 g/mol. The Kier molecular flexibility index (Phi) is 6.03. The molecule has 3 N–H and O–H groups in total. The molecule has 1 amide bonds. The zero-order chi connectivity index (χ0) is 24.9. The second-order valence-corrected chi connectivity index (χ2v) is 11.7. The van der Waals surface area contributed by atoms with Crippen LogP contribution in [0, 0.1) is 40.2 Å². The zero-order valence-corrected chi connectivity index (χ0v) is 20.7. The van der Waals surface area contributed by atoms with Gasteiger partial charge in [0.1, 0.15) is 0 Å². The molecule has 3 unspecified atom stereocenters. The molecule has 0 saturated heterocycles. The first kappa shape index (κ1) is 23.7. The number of nitro benzene ring substituents is 1. The van der Waals surface area contributed by atoms with Crippen molar-refractivity contribution in [2.45, 2.75) is 64.7 Å². The molecule has 0 aliphatic heterocycles. The number of oxime groups is 1. The Balaban J connectivity index is 1.39. The van der Waals surface area contributed by atoms with Crippen molar-refractivity contribution in [1.29, 1.82) is 0 Å². The first-order valence-electron chi connectivity index (χ1n) is 12.1. The normalized spacial score (nSPS) is 30.4. The fourth-order valence-electron chi connectivity index (χ4n) is 7.15. The highest BCUT2D eigenvalue weighted by molar-refractivity contribution is 7.15. The van der Waals surface area contributed by atoms with E-state index in [1.54, 1.807) is 18.3 Å². The standard InChI is InChI=1S/C25H30N4O5S/c1-13-12-26-24(35-13)27-22(31)6-4-15-10-21(28-32)25(2)8-7-16-17(23(15)25)5-3-14-9-20(30)19(29(33)34)11-18(14)16/h9,11-12,15-17,23,30,32H,3-8,10H2,1-2H3,(H,26,27,31)/t15-,16?,17?,23?,25-/m1/s1. The number of fused-ring (bicyclic) bond motifs is 5. The summed E-state index contributed by atoms with van der Waals surface area (Å²) in [6.07, 6.45) is 6.78. The third-order valence-corrected chi connectivity index (χ3v) is 9.45. The summed E-state index contributed by atoms with van der Waals surface area (Å²) >= 11 is 1.45. The number of rotatable bonds is 5. The van der Waals surface area contributed by atoms with E-state index in [1.807, 2.05) is 6.92 Å². The van der Waals surface area contributed by atoms with Gasteiger partial charge in [-0.05, 0) is 86.3 Å². The van der Waals surface area contributed by atoms with Crippen molar-refractivity contribution >= 4 is 33.8 Å². The maximum absolute atomic E-state index is 12.6. The van der Waals surface area contributed by atoms with Crippen molar-refractivity contribution in [2.75, 3.05) is 5.32 Å². The molecule has 10 heteroatoms. The highest BCUT2D eigenvalue weighted by Gasteiger charge is 2.57. The van der Waals surface area contributed by atoms with E-state index in [-0.39, 0.29) is 46.4 Å². The van der Waals surface area contributed by atoms with E-state index in [1.165, 1.54) is 11.3 Å². The third kappa shape index (κ3) is 4.07. The van der Waals surface area contributed by atoms with E-state index >= 15 is 0 Å². The number of carbonyl (C=O) groups excluding carboxylic acids is 1. The number of nitro groups is 1. The molecule has 2 aromatic rings. The van der Waals surface area contributed by atoms with Gasteiger partial charge in [-0.3, -0.25) is 14.9 Å². The van der Waals surface area contributed by atoms with Crippen LogP contribution in [0.5, 0.6) is 5.75 Å². The molecule has 1 aromatic heterocycles. The number of carbonyl (C=O) groups is 1. The largest absolute Gasteiger partial charge is 0.502 e. The van der Waals surface area contributed by atoms with Crippen molar-refractivity contribution in [3.8, 4) is 5.75 Å². The number of anilines is 1. The third-order valence-electron chi connectivity index (χ3n) is 8.62. The molecule has 9 nitrogen and oxygen atoms in total. The molecular formula is C25H30N4O5S. The lowest BCUT2D eigenvalue weighted by Gasteiger charge is -2.50. The van der Waals surface area contributed by atoms with E-state index in [0.29, 0.717) is 24.4 Å². The molecule has 3 aliphatic carbocycles. The predicted molar refractivity (Wildman–Crippen MR) is 132 cm³/mol. The Morgan fingerprint density at radius 1 is 1.40 bits per heavy atom. The summed E-state index contributed by atoms with van der Waals surface area (Å²) in [4.78, 5) is 28.8. The Hall–Kier alpha value is -3.01. The van der Waals surface area contributed by atoms with Crippen molar-refractivity contribution in [1.82, 2.24) is 4.98 Å². The summed E-state index contributed by atoms with van der Waals surface area (Å²) in [6.45, 7) is 4.12. The number of benzene rings is 1. The molecule has 2 fully saturated rings. The molecule has 1 aromatic carbocycles. The van der Waals surface area contributed by atoms with Crippen LogP contribution in [-0.4, -0.2) is 31.8 Å². The predicted octanol–water partition coefficient (Wildman–Crippen LogP) is 5.40. The van der Waals surface area contributed by atoms with E-state index in [9.17, 15) is 25.2 Å². The van der Waals surface area contributed by atoms with Gasteiger partial charge in [-0.1, -0.05) is 12.1 Å². The van der Waals surface area contributed by atoms with Crippen LogP contribution in [0.1, 0.15) is 67.4 Å². The summed E-state index contributed by atoms with van der Waals surface area (Å²) in [7, 11) is 0. The maximum atomic E-state index is 12.6. The van der Waals surface area contributed by atoms with Gasteiger partial charge in [-0.25, -0.2) is 4.98 Å². The van der Waals surface area contributed by atoms with Gasteiger partial charge < -0.3 is 15.6 Å². The van der Waals surface area contributed by atoms with Gasteiger partial charge in [0.25, 0.3) is 0 Å². The number of phenolic OH excluding ortho intramolecular Hbond substituents is 1. The Bertz CT molecular complexity index is 1210. The van der Waals surface area contributed by atoms with Crippen LogP contribution >= 0.6 is 11.3 Å². The van der Waals surface area contributed by atoms with Gasteiger partial charge in [-0.2, -0.15) is 0 Å². The van der Waals surface area contributed by atoms with Crippen molar-refractivity contribution in [3.63, 3.8) is 0 Å². The van der Waals surface area contributed by atoms with Crippen LogP contribution in [0.4, 0.5) is 10.8 Å². The number of aromatic nitrogens is 1. The Morgan fingerprint density at radius 3 is 2.89 bits per heavy atom. The molecule has 186 valence electrons. The van der Waals surface area contributed by atoms with Gasteiger partial charge in [0.15, 0.2) is 10.9 Å². The lowest BCUT2D eigenvalue weighted by molar-refractivity contribution is -0.386. The van der Waals surface area contributed by atoms with Crippen LogP contribution in [0.2, 0.25) is 0 Å². The van der Waals surface area contributed by atoms with E-state index in [0.717, 1.165) is 47.4 Å². The molecule has 35 heavy (non-hydrogen) atoms. The molecule has 5 atom stereocenters. The van der Waals surface area contributed by atoms with Crippen molar-refractivity contribution in [3.05, 3.63) is 44.4 Å². The lowest BCUT2D eigenvalue weighted by Crippen LogP contribution is -2.44. The summed E-state index contributed by atoms with van der Waals surface area (Å²) in [5.41, 5.74) is 2.28. The van der Waals surface area contributed by atoms with Crippen LogP contribution in [0.3, 0.4) is 0 Å². The molecule has 1 heterocycles.